The van der Waals surface area contributed by atoms with E-state index in [1.54, 1.807) is 36.4 Å². The van der Waals surface area contributed by atoms with Crippen molar-refractivity contribution < 1.29 is 17.9 Å². The lowest BCUT2D eigenvalue weighted by Gasteiger charge is -2.08. The predicted molar refractivity (Wildman–Crippen MR) is 92.2 cm³/mol. The minimum Gasteiger partial charge on any atom is -0.465 e. The van der Waals surface area contributed by atoms with Gasteiger partial charge in [-0.3, -0.25) is 0 Å². The lowest BCUT2D eigenvalue weighted by atomic mass is 10.1. The molecule has 5 nitrogen and oxygen atoms in total. The topological polar surface area (TPSA) is 72.5 Å². The highest BCUT2D eigenvalue weighted by Crippen LogP contribution is 2.13. The van der Waals surface area contributed by atoms with Crippen molar-refractivity contribution in [3.63, 3.8) is 0 Å². The molecule has 24 heavy (non-hydrogen) atoms. The molecule has 0 saturated carbocycles. The molecule has 6 heteroatoms. The zero-order valence-electron chi connectivity index (χ0n) is 13.8. The van der Waals surface area contributed by atoms with Crippen LogP contribution in [0.15, 0.2) is 53.4 Å². The minimum atomic E-state index is -3.56. The van der Waals surface area contributed by atoms with E-state index in [-0.39, 0.29) is 11.4 Å². The van der Waals surface area contributed by atoms with Gasteiger partial charge >= 0.3 is 5.97 Å². The summed E-state index contributed by atoms with van der Waals surface area (Å²) in [5.74, 6) is -0.422. The van der Waals surface area contributed by atoms with Gasteiger partial charge in [0.25, 0.3) is 0 Å². The second-order valence-corrected chi connectivity index (χ2v) is 7.17. The lowest BCUT2D eigenvalue weighted by Crippen LogP contribution is -2.23. The highest BCUT2D eigenvalue weighted by atomic mass is 32.2. The first-order valence-corrected chi connectivity index (χ1v) is 9.20. The van der Waals surface area contributed by atoms with E-state index in [2.05, 4.69) is 16.4 Å². The van der Waals surface area contributed by atoms with E-state index in [1.807, 2.05) is 12.1 Å². The van der Waals surface area contributed by atoms with Crippen LogP contribution in [0, 0.1) is 0 Å². The van der Waals surface area contributed by atoms with Gasteiger partial charge in [0.05, 0.1) is 17.6 Å². The fourth-order valence-corrected chi connectivity index (χ4v) is 3.28. The number of hydrogen-bond donors (Lipinski definition) is 1. The third-order valence-corrected chi connectivity index (χ3v) is 5.03. The van der Waals surface area contributed by atoms with Crippen LogP contribution in [0.5, 0.6) is 0 Å². The summed E-state index contributed by atoms with van der Waals surface area (Å²) in [6, 6.07) is 13.5. The van der Waals surface area contributed by atoms with Crippen molar-refractivity contribution in [1.82, 2.24) is 4.72 Å². The number of methoxy groups -OCH3 is 1. The Kier molecular flexibility index (Phi) is 6.11. The maximum Gasteiger partial charge on any atom is 0.337 e. The van der Waals surface area contributed by atoms with Crippen molar-refractivity contribution in [3.05, 3.63) is 65.2 Å². The first-order chi connectivity index (χ1) is 11.5. The van der Waals surface area contributed by atoms with E-state index in [0.29, 0.717) is 5.56 Å². The second kappa shape index (κ2) is 8.08. The van der Waals surface area contributed by atoms with E-state index in [0.717, 1.165) is 24.0 Å². The molecule has 0 radical (unpaired) electrons. The van der Waals surface area contributed by atoms with Crippen LogP contribution < -0.4 is 4.72 Å². The van der Waals surface area contributed by atoms with Crippen molar-refractivity contribution in [2.75, 3.05) is 7.11 Å². The molecule has 0 atom stereocenters. The number of benzene rings is 2. The smallest absolute Gasteiger partial charge is 0.337 e. The van der Waals surface area contributed by atoms with Gasteiger partial charge in [0.2, 0.25) is 10.0 Å². The maximum absolute atomic E-state index is 12.3. The summed E-state index contributed by atoms with van der Waals surface area (Å²) in [5, 5.41) is 0. The largest absolute Gasteiger partial charge is 0.465 e. The summed E-state index contributed by atoms with van der Waals surface area (Å²) in [4.78, 5) is 11.6. The Bertz CT molecular complexity index is 781. The third-order valence-electron chi connectivity index (χ3n) is 3.61. The number of nitrogens with one attached hydrogen (secondary N) is 1. The molecule has 2 aromatic carbocycles. The normalized spacial score (nSPS) is 11.2. The van der Waals surface area contributed by atoms with Crippen LogP contribution in [0.25, 0.3) is 0 Å². The summed E-state index contributed by atoms with van der Waals surface area (Å²) in [7, 11) is -2.25. The summed E-state index contributed by atoms with van der Waals surface area (Å²) in [5.41, 5.74) is 2.30. The molecular formula is C18H21NO4S. The number of sulfonamides is 1. The van der Waals surface area contributed by atoms with Crippen molar-refractivity contribution in [1.29, 1.82) is 0 Å². The zero-order chi connectivity index (χ0) is 17.6. The van der Waals surface area contributed by atoms with E-state index in [1.165, 1.54) is 7.11 Å². The second-order valence-electron chi connectivity index (χ2n) is 5.41. The van der Waals surface area contributed by atoms with Gasteiger partial charge in [0, 0.05) is 6.54 Å². The Hall–Kier alpha value is -2.18. The molecule has 0 bridgehead atoms. The number of carbonyl (C=O) groups is 1. The fourth-order valence-electron chi connectivity index (χ4n) is 2.26. The van der Waals surface area contributed by atoms with Gasteiger partial charge in [-0.1, -0.05) is 37.6 Å². The molecule has 0 spiro atoms. The molecule has 0 unspecified atom stereocenters. The molecular weight excluding hydrogens is 326 g/mol. The molecule has 1 N–H and O–H groups in total. The molecule has 0 heterocycles. The van der Waals surface area contributed by atoms with Crippen LogP contribution in [-0.2, 0) is 27.7 Å². The molecule has 128 valence electrons. The zero-order valence-corrected chi connectivity index (χ0v) is 14.6. The van der Waals surface area contributed by atoms with Gasteiger partial charge in [-0.25, -0.2) is 17.9 Å². The summed E-state index contributed by atoms with van der Waals surface area (Å²) >= 11 is 0. The van der Waals surface area contributed by atoms with E-state index >= 15 is 0 Å². The van der Waals surface area contributed by atoms with Gasteiger partial charge in [-0.05, 0) is 41.8 Å². The standard InChI is InChI=1S/C18H21NO4S/c1-3-4-14-7-11-17(12-8-14)24(21,22)19-13-15-5-9-16(10-6-15)18(20)23-2/h5-12,19H,3-4,13H2,1-2H3. The SMILES string of the molecule is CCCc1ccc(S(=O)(=O)NCc2ccc(C(=O)OC)cc2)cc1. The van der Waals surface area contributed by atoms with Gasteiger partial charge in [-0.15, -0.1) is 0 Å². The van der Waals surface area contributed by atoms with Crippen molar-refractivity contribution >= 4 is 16.0 Å². The van der Waals surface area contributed by atoms with Crippen molar-refractivity contribution in [3.8, 4) is 0 Å². The first-order valence-electron chi connectivity index (χ1n) is 7.72. The molecule has 0 saturated heterocycles. The highest BCUT2D eigenvalue weighted by Gasteiger charge is 2.13. The van der Waals surface area contributed by atoms with E-state index in [9.17, 15) is 13.2 Å². The number of carbonyl (C=O) groups excluding carboxylic acids is 1. The molecule has 2 rings (SSSR count). The summed E-state index contributed by atoms with van der Waals surface area (Å²) in [6.45, 7) is 2.23. The van der Waals surface area contributed by atoms with Crippen molar-refractivity contribution in [2.45, 2.75) is 31.2 Å². The molecule has 0 aliphatic carbocycles. The average Bonchev–Trinajstić information content (AvgIpc) is 2.60. The number of esters is 1. The minimum absolute atomic E-state index is 0.153. The molecule has 0 fully saturated rings. The maximum atomic E-state index is 12.3. The van der Waals surface area contributed by atoms with Crippen molar-refractivity contribution in [2.24, 2.45) is 0 Å². The quantitative estimate of drug-likeness (QED) is 0.782. The van der Waals surface area contributed by atoms with Gasteiger partial charge in [0.1, 0.15) is 0 Å². The van der Waals surface area contributed by atoms with Gasteiger partial charge < -0.3 is 4.74 Å². The van der Waals surface area contributed by atoms with Gasteiger partial charge in [-0.2, -0.15) is 0 Å². The Morgan fingerprint density at radius 1 is 1.00 bits per heavy atom. The monoisotopic (exact) mass is 347 g/mol. The van der Waals surface area contributed by atoms with Gasteiger partial charge in [0.15, 0.2) is 0 Å². The Balaban J connectivity index is 2.03. The number of ether oxygens (including phenoxy) is 1. The van der Waals surface area contributed by atoms with E-state index < -0.39 is 16.0 Å². The van der Waals surface area contributed by atoms with Crippen LogP contribution in [-0.4, -0.2) is 21.5 Å². The fraction of sp³-hybridized carbons (Fsp3) is 0.278. The summed E-state index contributed by atoms with van der Waals surface area (Å²) < 4.78 is 31.8. The lowest BCUT2D eigenvalue weighted by molar-refractivity contribution is 0.0600. The van der Waals surface area contributed by atoms with Crippen LogP contribution in [0.3, 0.4) is 0 Å². The van der Waals surface area contributed by atoms with Crippen LogP contribution >= 0.6 is 0 Å². The van der Waals surface area contributed by atoms with E-state index in [4.69, 9.17) is 0 Å². The number of rotatable bonds is 7. The van der Waals surface area contributed by atoms with Crippen LogP contribution in [0.2, 0.25) is 0 Å². The molecule has 0 aliphatic heterocycles. The first kappa shape index (κ1) is 18.2. The number of aryl methyl sites for hydroxylation is 1. The van der Waals surface area contributed by atoms with Crippen LogP contribution in [0.4, 0.5) is 0 Å². The Labute approximate surface area is 142 Å². The highest BCUT2D eigenvalue weighted by molar-refractivity contribution is 7.89. The molecule has 0 amide bonds. The molecule has 0 aromatic heterocycles. The van der Waals surface area contributed by atoms with Crippen LogP contribution in [0.1, 0.15) is 34.8 Å². The number of hydrogen-bond acceptors (Lipinski definition) is 4. The Morgan fingerprint density at radius 3 is 2.12 bits per heavy atom. The Morgan fingerprint density at radius 2 is 1.58 bits per heavy atom. The molecule has 0 aliphatic rings. The molecule has 2 aromatic rings. The average molecular weight is 347 g/mol. The summed E-state index contributed by atoms with van der Waals surface area (Å²) in [6.07, 6.45) is 1.95. The third kappa shape index (κ3) is 4.66. The predicted octanol–water partition coefficient (Wildman–Crippen LogP) is 2.90.